The Bertz CT molecular complexity index is 615. The maximum atomic E-state index is 13.0. The monoisotopic (exact) mass is 349 g/mol. The highest BCUT2D eigenvalue weighted by Crippen LogP contribution is 2.19. The van der Waals surface area contributed by atoms with E-state index in [0.717, 1.165) is 12.8 Å². The normalized spacial score (nSPS) is 10.4. The van der Waals surface area contributed by atoms with E-state index in [1.54, 1.807) is 11.9 Å². The van der Waals surface area contributed by atoms with Crippen LogP contribution in [0.25, 0.3) is 0 Å². The van der Waals surface area contributed by atoms with E-state index in [1.165, 1.54) is 23.8 Å². The van der Waals surface area contributed by atoms with Crippen LogP contribution in [0.4, 0.5) is 4.39 Å². The summed E-state index contributed by atoms with van der Waals surface area (Å²) in [6, 6.07) is 14.3. The lowest BCUT2D eigenvalue weighted by molar-refractivity contribution is 0.0792. The molecule has 0 saturated carbocycles. The minimum atomic E-state index is -0.356. The fraction of sp³-hybridized carbons (Fsp3) is 0.235. The molecule has 2 aromatic carbocycles. The van der Waals surface area contributed by atoms with E-state index in [0.29, 0.717) is 16.6 Å². The average molecular weight is 350 g/mol. The second kappa shape index (κ2) is 7.36. The van der Waals surface area contributed by atoms with Crippen LogP contribution in [0.3, 0.4) is 0 Å². The molecule has 0 aliphatic carbocycles. The molecule has 0 heterocycles. The summed E-state index contributed by atoms with van der Waals surface area (Å²) in [6.45, 7) is 0.664. The summed E-state index contributed by atoms with van der Waals surface area (Å²) in [5.41, 5.74) is 1.75. The topological polar surface area (TPSA) is 20.3 Å². The number of rotatable bonds is 5. The SMILES string of the molecule is CN(CCCc1ccccc1)C(=O)c1ccc(F)cc1Br. The van der Waals surface area contributed by atoms with Crippen LogP contribution in [0, 0.1) is 5.82 Å². The first-order valence-corrected chi connectivity index (χ1v) is 7.61. The molecule has 0 spiro atoms. The summed E-state index contributed by atoms with van der Waals surface area (Å²) >= 11 is 3.23. The Morgan fingerprint density at radius 3 is 2.57 bits per heavy atom. The van der Waals surface area contributed by atoms with Crippen molar-refractivity contribution >= 4 is 21.8 Å². The number of hydrogen-bond acceptors (Lipinski definition) is 1. The van der Waals surface area contributed by atoms with E-state index in [4.69, 9.17) is 0 Å². The number of amides is 1. The molecule has 0 N–H and O–H groups in total. The molecule has 0 saturated heterocycles. The fourth-order valence-corrected chi connectivity index (χ4v) is 2.66. The molecule has 110 valence electrons. The van der Waals surface area contributed by atoms with Crippen LogP contribution >= 0.6 is 15.9 Å². The van der Waals surface area contributed by atoms with Crippen molar-refractivity contribution in [3.8, 4) is 0 Å². The van der Waals surface area contributed by atoms with Gasteiger partial charge in [-0.25, -0.2) is 4.39 Å². The summed E-state index contributed by atoms with van der Waals surface area (Å²) in [7, 11) is 1.77. The van der Waals surface area contributed by atoms with Crippen molar-refractivity contribution in [2.75, 3.05) is 13.6 Å². The standard InChI is InChI=1S/C17H17BrFNO/c1-20(11-5-8-13-6-3-2-4-7-13)17(21)15-10-9-14(19)12-16(15)18/h2-4,6-7,9-10,12H,5,8,11H2,1H3. The Hall–Kier alpha value is -1.68. The van der Waals surface area contributed by atoms with Crippen molar-refractivity contribution in [1.29, 1.82) is 0 Å². The molecule has 2 rings (SSSR count). The Morgan fingerprint density at radius 1 is 1.19 bits per heavy atom. The highest BCUT2D eigenvalue weighted by atomic mass is 79.9. The van der Waals surface area contributed by atoms with Gasteiger partial charge in [-0.05, 0) is 52.5 Å². The van der Waals surface area contributed by atoms with Gasteiger partial charge in [0, 0.05) is 18.1 Å². The largest absolute Gasteiger partial charge is 0.342 e. The van der Waals surface area contributed by atoms with Gasteiger partial charge in [0.05, 0.1) is 5.56 Å². The first kappa shape index (κ1) is 15.7. The average Bonchev–Trinajstić information content (AvgIpc) is 2.47. The summed E-state index contributed by atoms with van der Waals surface area (Å²) in [5, 5.41) is 0. The zero-order chi connectivity index (χ0) is 15.2. The molecule has 2 nitrogen and oxygen atoms in total. The second-order valence-electron chi connectivity index (χ2n) is 4.94. The van der Waals surface area contributed by atoms with E-state index >= 15 is 0 Å². The molecule has 0 bridgehead atoms. The van der Waals surface area contributed by atoms with Crippen molar-refractivity contribution in [2.45, 2.75) is 12.8 Å². The van der Waals surface area contributed by atoms with Crippen LogP contribution in [-0.4, -0.2) is 24.4 Å². The van der Waals surface area contributed by atoms with E-state index in [1.807, 2.05) is 18.2 Å². The van der Waals surface area contributed by atoms with Crippen LogP contribution in [0.1, 0.15) is 22.3 Å². The predicted octanol–water partition coefficient (Wildman–Crippen LogP) is 4.29. The summed E-state index contributed by atoms with van der Waals surface area (Å²) in [6.07, 6.45) is 1.83. The van der Waals surface area contributed by atoms with Crippen LogP contribution < -0.4 is 0 Å². The molecule has 4 heteroatoms. The van der Waals surface area contributed by atoms with Gasteiger partial charge in [0.1, 0.15) is 5.82 Å². The summed E-state index contributed by atoms with van der Waals surface area (Å²) in [5.74, 6) is -0.458. The van der Waals surface area contributed by atoms with Crippen LogP contribution in [0.5, 0.6) is 0 Å². The van der Waals surface area contributed by atoms with Crippen molar-refractivity contribution < 1.29 is 9.18 Å². The highest BCUT2D eigenvalue weighted by Gasteiger charge is 2.14. The molecule has 0 aromatic heterocycles. The molecule has 0 fully saturated rings. The van der Waals surface area contributed by atoms with Gasteiger partial charge in [0.2, 0.25) is 0 Å². The molecule has 0 unspecified atom stereocenters. The Balaban J connectivity index is 1.90. The smallest absolute Gasteiger partial charge is 0.254 e. The first-order chi connectivity index (χ1) is 10.1. The molecule has 1 amide bonds. The van der Waals surface area contributed by atoms with Crippen LogP contribution in [-0.2, 0) is 6.42 Å². The zero-order valence-electron chi connectivity index (χ0n) is 11.9. The van der Waals surface area contributed by atoms with Gasteiger partial charge in [-0.15, -0.1) is 0 Å². The van der Waals surface area contributed by atoms with Gasteiger partial charge in [0.25, 0.3) is 5.91 Å². The number of hydrogen-bond donors (Lipinski definition) is 0. The van der Waals surface area contributed by atoms with Gasteiger partial charge in [-0.1, -0.05) is 30.3 Å². The van der Waals surface area contributed by atoms with E-state index < -0.39 is 0 Å². The summed E-state index contributed by atoms with van der Waals surface area (Å²) < 4.78 is 13.5. The van der Waals surface area contributed by atoms with E-state index in [-0.39, 0.29) is 11.7 Å². The van der Waals surface area contributed by atoms with Gasteiger partial charge >= 0.3 is 0 Å². The third kappa shape index (κ3) is 4.39. The number of carbonyl (C=O) groups excluding carboxylic acids is 1. The molecule has 0 aliphatic rings. The second-order valence-corrected chi connectivity index (χ2v) is 5.79. The van der Waals surface area contributed by atoms with Gasteiger partial charge < -0.3 is 4.90 Å². The van der Waals surface area contributed by atoms with Crippen LogP contribution in [0.15, 0.2) is 53.0 Å². The first-order valence-electron chi connectivity index (χ1n) is 6.82. The number of nitrogens with zero attached hydrogens (tertiary/aromatic N) is 1. The quantitative estimate of drug-likeness (QED) is 0.788. The molecule has 21 heavy (non-hydrogen) atoms. The number of carbonyl (C=O) groups is 1. The van der Waals surface area contributed by atoms with Crippen LogP contribution in [0.2, 0.25) is 0 Å². The molecule has 0 atom stereocenters. The third-order valence-corrected chi connectivity index (χ3v) is 3.97. The van der Waals surface area contributed by atoms with Gasteiger partial charge in [0.15, 0.2) is 0 Å². The minimum Gasteiger partial charge on any atom is -0.342 e. The Labute approximate surface area is 132 Å². The minimum absolute atomic E-state index is 0.102. The predicted molar refractivity (Wildman–Crippen MR) is 85.8 cm³/mol. The molecule has 0 radical (unpaired) electrons. The Kier molecular flexibility index (Phi) is 5.51. The highest BCUT2D eigenvalue weighted by molar-refractivity contribution is 9.10. The van der Waals surface area contributed by atoms with Gasteiger partial charge in [-0.3, -0.25) is 4.79 Å². The number of aryl methyl sites for hydroxylation is 1. The number of halogens is 2. The molecular formula is C17H17BrFNO. The van der Waals surface area contributed by atoms with Crippen molar-refractivity contribution in [1.82, 2.24) is 4.90 Å². The zero-order valence-corrected chi connectivity index (χ0v) is 13.4. The molecular weight excluding hydrogens is 333 g/mol. The third-order valence-electron chi connectivity index (χ3n) is 3.31. The summed E-state index contributed by atoms with van der Waals surface area (Å²) in [4.78, 5) is 14.0. The Morgan fingerprint density at radius 2 is 1.90 bits per heavy atom. The van der Waals surface area contributed by atoms with Crippen molar-refractivity contribution in [3.63, 3.8) is 0 Å². The number of benzene rings is 2. The lowest BCUT2D eigenvalue weighted by Gasteiger charge is -2.18. The maximum absolute atomic E-state index is 13.0. The molecule has 2 aromatic rings. The molecule has 0 aliphatic heterocycles. The lowest BCUT2D eigenvalue weighted by atomic mass is 10.1. The van der Waals surface area contributed by atoms with Crippen molar-refractivity contribution in [3.05, 3.63) is 69.9 Å². The van der Waals surface area contributed by atoms with Crippen molar-refractivity contribution in [2.24, 2.45) is 0 Å². The van der Waals surface area contributed by atoms with E-state index in [2.05, 4.69) is 28.1 Å². The van der Waals surface area contributed by atoms with Gasteiger partial charge in [-0.2, -0.15) is 0 Å². The van der Waals surface area contributed by atoms with E-state index in [9.17, 15) is 9.18 Å². The maximum Gasteiger partial charge on any atom is 0.254 e. The fourth-order valence-electron chi connectivity index (χ4n) is 2.14. The lowest BCUT2D eigenvalue weighted by Crippen LogP contribution is -2.28.